The Morgan fingerprint density at radius 2 is 2.17 bits per heavy atom. The van der Waals surface area contributed by atoms with Gasteiger partial charge in [0.2, 0.25) is 5.88 Å². The van der Waals surface area contributed by atoms with Gasteiger partial charge in [0.15, 0.2) is 0 Å². The fourth-order valence-electron chi connectivity index (χ4n) is 1.74. The van der Waals surface area contributed by atoms with Crippen molar-refractivity contribution < 1.29 is 4.74 Å². The number of rotatable bonds is 5. The fourth-order valence-corrected chi connectivity index (χ4v) is 2.38. The minimum Gasteiger partial charge on any atom is -0.480 e. The van der Waals surface area contributed by atoms with Gasteiger partial charge in [-0.1, -0.05) is 6.07 Å². The molecule has 0 aliphatic rings. The zero-order chi connectivity index (χ0) is 13.0. The summed E-state index contributed by atoms with van der Waals surface area (Å²) in [6, 6.07) is 4.15. The van der Waals surface area contributed by atoms with Crippen LogP contribution in [-0.2, 0) is 13.1 Å². The molecular weight excluding hydrogens is 246 g/mol. The lowest BCUT2D eigenvalue weighted by atomic mass is 10.2. The summed E-state index contributed by atoms with van der Waals surface area (Å²) in [6.07, 6.45) is 1.90. The second-order valence-corrected chi connectivity index (χ2v) is 4.98. The van der Waals surface area contributed by atoms with Crippen molar-refractivity contribution in [1.29, 1.82) is 0 Å². The van der Waals surface area contributed by atoms with E-state index in [-0.39, 0.29) is 0 Å². The molecule has 0 saturated carbocycles. The van der Waals surface area contributed by atoms with Crippen molar-refractivity contribution in [2.75, 3.05) is 14.2 Å². The standard InChI is InChI=1S/C13H17N3OS/c1-10-4-5-12(14-6-10)8-16(2)7-11-9-18-15-13(11)17-3/h4-6,9H,7-8H2,1-3H3. The third kappa shape index (κ3) is 3.27. The van der Waals surface area contributed by atoms with Crippen LogP contribution in [0.1, 0.15) is 16.8 Å². The van der Waals surface area contributed by atoms with Crippen molar-refractivity contribution >= 4 is 11.5 Å². The number of pyridine rings is 1. The first-order valence-electron chi connectivity index (χ1n) is 5.76. The maximum absolute atomic E-state index is 5.21. The van der Waals surface area contributed by atoms with Gasteiger partial charge in [0.05, 0.1) is 12.8 Å². The van der Waals surface area contributed by atoms with Gasteiger partial charge in [-0.3, -0.25) is 9.88 Å². The smallest absolute Gasteiger partial charge is 0.229 e. The molecule has 5 heteroatoms. The van der Waals surface area contributed by atoms with Gasteiger partial charge in [0.25, 0.3) is 0 Å². The molecule has 0 aromatic carbocycles. The Hall–Kier alpha value is -1.46. The van der Waals surface area contributed by atoms with Gasteiger partial charge in [0, 0.05) is 30.2 Å². The normalized spacial score (nSPS) is 10.9. The van der Waals surface area contributed by atoms with Crippen molar-refractivity contribution in [3.8, 4) is 5.88 Å². The number of aromatic nitrogens is 2. The number of aryl methyl sites for hydroxylation is 1. The predicted molar refractivity (Wildman–Crippen MR) is 72.8 cm³/mol. The van der Waals surface area contributed by atoms with E-state index < -0.39 is 0 Å². The highest BCUT2D eigenvalue weighted by molar-refractivity contribution is 7.03. The van der Waals surface area contributed by atoms with E-state index in [1.807, 2.05) is 18.5 Å². The topological polar surface area (TPSA) is 38.2 Å². The van der Waals surface area contributed by atoms with Gasteiger partial charge in [-0.05, 0) is 37.1 Å². The minimum atomic E-state index is 0.726. The first kappa shape index (κ1) is 13.0. The Labute approximate surface area is 111 Å². The second kappa shape index (κ2) is 5.93. The third-order valence-electron chi connectivity index (χ3n) is 2.64. The number of hydrogen-bond acceptors (Lipinski definition) is 5. The number of nitrogens with zero attached hydrogens (tertiary/aromatic N) is 3. The molecule has 0 aliphatic heterocycles. The molecule has 0 radical (unpaired) electrons. The fraction of sp³-hybridized carbons (Fsp3) is 0.385. The second-order valence-electron chi connectivity index (χ2n) is 4.35. The maximum Gasteiger partial charge on any atom is 0.229 e. The zero-order valence-corrected chi connectivity index (χ0v) is 11.7. The maximum atomic E-state index is 5.21. The van der Waals surface area contributed by atoms with E-state index >= 15 is 0 Å². The molecule has 0 amide bonds. The summed E-state index contributed by atoms with van der Waals surface area (Å²) in [5.41, 5.74) is 3.38. The summed E-state index contributed by atoms with van der Waals surface area (Å²) >= 11 is 1.42. The van der Waals surface area contributed by atoms with Crippen LogP contribution in [0.2, 0.25) is 0 Å². The Balaban J connectivity index is 1.96. The van der Waals surface area contributed by atoms with Crippen molar-refractivity contribution in [2.45, 2.75) is 20.0 Å². The Kier molecular flexibility index (Phi) is 4.28. The Morgan fingerprint density at radius 3 is 2.83 bits per heavy atom. The van der Waals surface area contributed by atoms with E-state index in [0.717, 1.165) is 30.2 Å². The van der Waals surface area contributed by atoms with Crippen molar-refractivity contribution in [3.05, 3.63) is 40.5 Å². The van der Waals surface area contributed by atoms with Crippen molar-refractivity contribution in [2.24, 2.45) is 0 Å². The Morgan fingerprint density at radius 1 is 1.33 bits per heavy atom. The molecule has 2 heterocycles. The lowest BCUT2D eigenvalue weighted by Crippen LogP contribution is -2.18. The molecule has 0 fully saturated rings. The largest absolute Gasteiger partial charge is 0.480 e. The number of methoxy groups -OCH3 is 1. The van der Waals surface area contributed by atoms with Crippen LogP contribution in [0.15, 0.2) is 23.7 Å². The van der Waals surface area contributed by atoms with Crippen molar-refractivity contribution in [3.63, 3.8) is 0 Å². The molecule has 2 aromatic rings. The lowest BCUT2D eigenvalue weighted by Gasteiger charge is -2.15. The molecule has 0 unspecified atom stereocenters. The quantitative estimate of drug-likeness (QED) is 0.830. The van der Waals surface area contributed by atoms with E-state index in [9.17, 15) is 0 Å². The highest BCUT2D eigenvalue weighted by atomic mass is 32.1. The molecule has 0 atom stereocenters. The van der Waals surface area contributed by atoms with Gasteiger partial charge in [0.1, 0.15) is 0 Å². The third-order valence-corrected chi connectivity index (χ3v) is 3.30. The Bertz CT molecular complexity index is 495. The number of hydrogen-bond donors (Lipinski definition) is 0. The molecule has 2 aromatic heterocycles. The van der Waals surface area contributed by atoms with E-state index in [4.69, 9.17) is 4.74 Å². The molecular formula is C13H17N3OS. The molecule has 0 N–H and O–H groups in total. The molecule has 4 nitrogen and oxygen atoms in total. The van der Waals surface area contributed by atoms with Gasteiger partial charge in [-0.25, -0.2) is 0 Å². The van der Waals surface area contributed by atoms with Gasteiger partial charge < -0.3 is 4.74 Å². The van der Waals surface area contributed by atoms with Crippen LogP contribution < -0.4 is 4.74 Å². The van der Waals surface area contributed by atoms with Crippen LogP contribution in [0.5, 0.6) is 5.88 Å². The summed E-state index contributed by atoms with van der Waals surface area (Å²) in [5.74, 6) is 0.726. The highest BCUT2D eigenvalue weighted by Crippen LogP contribution is 2.20. The highest BCUT2D eigenvalue weighted by Gasteiger charge is 2.09. The van der Waals surface area contributed by atoms with Gasteiger partial charge in [-0.15, -0.1) is 0 Å². The average Bonchev–Trinajstić information content (AvgIpc) is 2.79. The van der Waals surface area contributed by atoms with Crippen LogP contribution in [0, 0.1) is 6.92 Å². The summed E-state index contributed by atoms with van der Waals surface area (Å²) in [4.78, 5) is 6.60. The summed E-state index contributed by atoms with van der Waals surface area (Å²) in [5, 5.41) is 2.03. The van der Waals surface area contributed by atoms with Crippen LogP contribution >= 0.6 is 11.5 Å². The SMILES string of the molecule is COc1nscc1CN(C)Cc1ccc(C)cn1. The van der Waals surface area contributed by atoms with E-state index in [0.29, 0.717) is 0 Å². The van der Waals surface area contributed by atoms with Crippen LogP contribution in [0.4, 0.5) is 0 Å². The zero-order valence-electron chi connectivity index (χ0n) is 10.9. The van der Waals surface area contributed by atoms with Crippen LogP contribution in [0.3, 0.4) is 0 Å². The molecule has 0 bridgehead atoms. The monoisotopic (exact) mass is 263 g/mol. The molecule has 0 saturated heterocycles. The predicted octanol–water partition coefficient (Wildman–Crippen LogP) is 2.49. The molecule has 2 rings (SSSR count). The molecule has 96 valence electrons. The van der Waals surface area contributed by atoms with Gasteiger partial charge in [-0.2, -0.15) is 4.37 Å². The number of ether oxygens (including phenoxy) is 1. The molecule has 18 heavy (non-hydrogen) atoms. The van der Waals surface area contributed by atoms with E-state index in [1.54, 1.807) is 7.11 Å². The van der Waals surface area contributed by atoms with E-state index in [2.05, 4.69) is 33.4 Å². The average molecular weight is 263 g/mol. The summed E-state index contributed by atoms with van der Waals surface area (Å²) in [7, 11) is 3.72. The summed E-state index contributed by atoms with van der Waals surface area (Å²) in [6.45, 7) is 3.68. The van der Waals surface area contributed by atoms with E-state index in [1.165, 1.54) is 17.1 Å². The summed E-state index contributed by atoms with van der Waals surface area (Å²) < 4.78 is 9.39. The minimum absolute atomic E-state index is 0.726. The lowest BCUT2D eigenvalue weighted by molar-refractivity contribution is 0.305. The first-order valence-corrected chi connectivity index (χ1v) is 6.60. The first-order chi connectivity index (χ1) is 8.69. The molecule has 0 aliphatic carbocycles. The molecule has 0 spiro atoms. The van der Waals surface area contributed by atoms with Crippen LogP contribution in [-0.4, -0.2) is 28.4 Å². The van der Waals surface area contributed by atoms with Crippen molar-refractivity contribution in [1.82, 2.24) is 14.3 Å². The van der Waals surface area contributed by atoms with Gasteiger partial charge >= 0.3 is 0 Å². The van der Waals surface area contributed by atoms with Crippen LogP contribution in [0.25, 0.3) is 0 Å².